The topological polar surface area (TPSA) is 56.4 Å². The summed E-state index contributed by atoms with van der Waals surface area (Å²) in [6, 6.07) is 16.2. The number of carbonyl (C=O) groups excluding carboxylic acids is 1. The van der Waals surface area contributed by atoms with Crippen LogP contribution in [0, 0.1) is 11.6 Å². The number of hydrogen-bond donors (Lipinski definition) is 3. The van der Waals surface area contributed by atoms with Gasteiger partial charge in [-0.15, -0.1) is 0 Å². The molecule has 3 N–H and O–H groups in total. The van der Waals surface area contributed by atoms with Gasteiger partial charge in [-0.3, -0.25) is 4.79 Å². The Morgan fingerprint density at radius 3 is 2.06 bits per heavy atom. The van der Waals surface area contributed by atoms with Crippen molar-refractivity contribution in [3.63, 3.8) is 0 Å². The molecule has 1 aliphatic carbocycles. The standard InChI is InChI=1S/C27H27ClF2N4OS/c1-34(20-6-3-2-4-7-20)24-15-14-19(16-21(24)28)33-27(36)32-18-12-10-17(11-13-18)31-26(35)25-22(29)8-5-9-23(25)30/h5,8-16,20H,2-4,6-7H2,1H3,(H,31,35)(H2,32,33,36). The number of carbonyl (C=O) groups is 1. The van der Waals surface area contributed by atoms with Gasteiger partial charge < -0.3 is 20.9 Å². The van der Waals surface area contributed by atoms with Crippen LogP contribution in [0.4, 0.5) is 31.5 Å². The van der Waals surface area contributed by atoms with Gasteiger partial charge in [0.05, 0.1) is 10.7 Å². The predicted molar refractivity (Wildman–Crippen MR) is 147 cm³/mol. The van der Waals surface area contributed by atoms with E-state index in [1.54, 1.807) is 24.3 Å². The zero-order chi connectivity index (χ0) is 25.7. The predicted octanol–water partition coefficient (Wildman–Crippen LogP) is 7.45. The highest BCUT2D eigenvalue weighted by Gasteiger charge is 2.20. The number of anilines is 4. The van der Waals surface area contributed by atoms with Crippen LogP contribution in [-0.4, -0.2) is 24.1 Å². The first-order chi connectivity index (χ1) is 17.3. The number of rotatable bonds is 6. The fourth-order valence-corrected chi connectivity index (χ4v) is 4.92. The molecule has 0 heterocycles. The minimum atomic E-state index is -0.920. The molecule has 9 heteroatoms. The summed E-state index contributed by atoms with van der Waals surface area (Å²) in [4.78, 5) is 14.5. The van der Waals surface area contributed by atoms with Gasteiger partial charge in [0.2, 0.25) is 0 Å². The molecule has 0 bridgehead atoms. The third kappa shape index (κ3) is 6.30. The van der Waals surface area contributed by atoms with Gasteiger partial charge >= 0.3 is 0 Å². The van der Waals surface area contributed by atoms with Gasteiger partial charge in [-0.2, -0.15) is 0 Å². The van der Waals surface area contributed by atoms with Gasteiger partial charge in [-0.05, 0) is 79.7 Å². The molecule has 3 aromatic carbocycles. The van der Waals surface area contributed by atoms with Crippen LogP contribution < -0.4 is 20.9 Å². The van der Waals surface area contributed by atoms with E-state index < -0.39 is 23.1 Å². The summed E-state index contributed by atoms with van der Waals surface area (Å²) in [5.41, 5.74) is 2.19. The molecule has 1 aliphatic rings. The Hall–Kier alpha value is -3.23. The number of nitrogens with one attached hydrogen (secondary N) is 3. The van der Waals surface area contributed by atoms with Crippen LogP contribution in [0.1, 0.15) is 42.5 Å². The molecule has 3 aromatic rings. The average molecular weight is 529 g/mol. The van der Waals surface area contributed by atoms with Crippen LogP contribution in [-0.2, 0) is 0 Å². The first kappa shape index (κ1) is 25.9. The van der Waals surface area contributed by atoms with Crippen LogP contribution in [0.25, 0.3) is 0 Å². The molecule has 0 atom stereocenters. The second-order valence-corrected chi connectivity index (χ2v) is 9.59. The zero-order valence-electron chi connectivity index (χ0n) is 19.8. The molecule has 0 saturated heterocycles. The molecule has 0 aromatic heterocycles. The molecular weight excluding hydrogens is 502 g/mol. The van der Waals surface area contributed by atoms with Crippen molar-refractivity contribution in [1.29, 1.82) is 0 Å². The monoisotopic (exact) mass is 528 g/mol. The van der Waals surface area contributed by atoms with E-state index in [4.69, 9.17) is 23.8 Å². The fraction of sp³-hybridized carbons (Fsp3) is 0.259. The molecule has 1 saturated carbocycles. The van der Waals surface area contributed by atoms with Gasteiger partial charge in [0.1, 0.15) is 17.2 Å². The Labute approximate surface area is 219 Å². The highest BCUT2D eigenvalue weighted by molar-refractivity contribution is 7.80. The second kappa shape index (κ2) is 11.7. The normalized spacial score (nSPS) is 13.7. The fourth-order valence-electron chi connectivity index (χ4n) is 4.37. The Bertz CT molecular complexity index is 1230. The first-order valence-electron chi connectivity index (χ1n) is 11.8. The third-order valence-corrected chi connectivity index (χ3v) is 6.81. The quantitative estimate of drug-likeness (QED) is 0.290. The van der Waals surface area contributed by atoms with E-state index in [0.29, 0.717) is 27.6 Å². The maximum absolute atomic E-state index is 13.8. The molecule has 4 rings (SSSR count). The van der Waals surface area contributed by atoms with Gasteiger partial charge in [0, 0.05) is 30.2 Å². The highest BCUT2D eigenvalue weighted by atomic mass is 35.5. The van der Waals surface area contributed by atoms with E-state index in [1.807, 2.05) is 18.2 Å². The van der Waals surface area contributed by atoms with Crippen molar-refractivity contribution in [2.24, 2.45) is 0 Å². The summed E-state index contributed by atoms with van der Waals surface area (Å²) in [6.07, 6.45) is 6.18. The lowest BCUT2D eigenvalue weighted by Crippen LogP contribution is -2.33. The molecule has 0 spiro atoms. The molecule has 0 aliphatic heterocycles. The number of nitrogens with zero attached hydrogens (tertiary/aromatic N) is 1. The van der Waals surface area contributed by atoms with Crippen molar-refractivity contribution in [3.8, 4) is 0 Å². The SMILES string of the molecule is CN(c1ccc(NC(=S)Nc2ccc(NC(=O)c3c(F)cccc3F)cc2)cc1Cl)C1CCCCC1. The summed E-state index contributed by atoms with van der Waals surface area (Å²) in [5.74, 6) is -2.70. The lowest BCUT2D eigenvalue weighted by molar-refractivity contribution is 0.101. The van der Waals surface area contributed by atoms with Crippen molar-refractivity contribution >= 4 is 57.6 Å². The number of amides is 1. The highest BCUT2D eigenvalue weighted by Crippen LogP contribution is 2.33. The van der Waals surface area contributed by atoms with Crippen molar-refractivity contribution in [1.82, 2.24) is 0 Å². The van der Waals surface area contributed by atoms with Crippen LogP contribution in [0.15, 0.2) is 60.7 Å². The summed E-state index contributed by atoms with van der Waals surface area (Å²) in [6.45, 7) is 0. The number of halogens is 3. The molecule has 0 unspecified atom stereocenters. The third-order valence-electron chi connectivity index (χ3n) is 6.30. The summed E-state index contributed by atoms with van der Waals surface area (Å²) >= 11 is 12.0. The Morgan fingerprint density at radius 2 is 1.44 bits per heavy atom. The van der Waals surface area contributed by atoms with Crippen LogP contribution in [0.3, 0.4) is 0 Å². The van der Waals surface area contributed by atoms with Crippen LogP contribution in [0.2, 0.25) is 5.02 Å². The second-order valence-electron chi connectivity index (χ2n) is 8.78. The van der Waals surface area contributed by atoms with Gasteiger partial charge in [-0.1, -0.05) is 36.9 Å². The summed E-state index contributed by atoms with van der Waals surface area (Å²) in [7, 11) is 2.09. The lowest BCUT2D eigenvalue weighted by atomic mass is 9.94. The summed E-state index contributed by atoms with van der Waals surface area (Å²) in [5, 5.41) is 9.70. The first-order valence-corrected chi connectivity index (χ1v) is 12.6. The number of thiocarbonyl (C=S) groups is 1. The maximum Gasteiger partial charge on any atom is 0.261 e. The van der Waals surface area contributed by atoms with Gasteiger partial charge in [0.15, 0.2) is 5.11 Å². The van der Waals surface area contributed by atoms with Crippen molar-refractivity contribution in [3.05, 3.63) is 82.9 Å². The van der Waals surface area contributed by atoms with Gasteiger partial charge in [0.25, 0.3) is 5.91 Å². The Kier molecular flexibility index (Phi) is 8.38. The summed E-state index contributed by atoms with van der Waals surface area (Å²) < 4.78 is 27.6. The number of benzene rings is 3. The zero-order valence-corrected chi connectivity index (χ0v) is 21.4. The van der Waals surface area contributed by atoms with Crippen molar-refractivity contribution < 1.29 is 13.6 Å². The van der Waals surface area contributed by atoms with E-state index in [1.165, 1.54) is 38.2 Å². The Balaban J connectivity index is 1.33. The van der Waals surface area contributed by atoms with E-state index >= 15 is 0 Å². The smallest absolute Gasteiger partial charge is 0.261 e. The number of hydrogen-bond acceptors (Lipinski definition) is 3. The van der Waals surface area contributed by atoms with E-state index in [0.717, 1.165) is 23.5 Å². The molecule has 188 valence electrons. The van der Waals surface area contributed by atoms with E-state index in [2.05, 4.69) is 27.9 Å². The van der Waals surface area contributed by atoms with E-state index in [-0.39, 0.29) is 0 Å². The van der Waals surface area contributed by atoms with Crippen LogP contribution >= 0.6 is 23.8 Å². The van der Waals surface area contributed by atoms with E-state index in [9.17, 15) is 13.6 Å². The average Bonchev–Trinajstić information content (AvgIpc) is 2.85. The largest absolute Gasteiger partial charge is 0.370 e. The van der Waals surface area contributed by atoms with Crippen LogP contribution in [0.5, 0.6) is 0 Å². The van der Waals surface area contributed by atoms with Crippen molar-refractivity contribution in [2.45, 2.75) is 38.1 Å². The minimum absolute atomic E-state index is 0.365. The molecule has 36 heavy (non-hydrogen) atoms. The van der Waals surface area contributed by atoms with Crippen molar-refractivity contribution in [2.75, 3.05) is 27.9 Å². The molecule has 0 radical (unpaired) electrons. The Morgan fingerprint density at radius 1 is 0.889 bits per heavy atom. The molecular formula is C27H27ClF2N4OS. The molecule has 1 fully saturated rings. The maximum atomic E-state index is 13.8. The van der Waals surface area contributed by atoms with Gasteiger partial charge in [-0.25, -0.2) is 8.78 Å². The molecule has 5 nitrogen and oxygen atoms in total. The molecule has 1 amide bonds. The lowest BCUT2D eigenvalue weighted by Gasteiger charge is -2.33. The minimum Gasteiger partial charge on any atom is -0.370 e.